The first-order valence-electron chi connectivity index (χ1n) is 9.26. The summed E-state index contributed by atoms with van der Waals surface area (Å²) < 4.78 is 31.5. The normalized spacial score (nSPS) is 14.7. The van der Waals surface area contributed by atoms with Crippen molar-refractivity contribution in [2.45, 2.75) is 12.8 Å². The van der Waals surface area contributed by atoms with Crippen molar-refractivity contribution in [1.29, 1.82) is 0 Å². The first kappa shape index (κ1) is 20.3. The van der Waals surface area contributed by atoms with Crippen molar-refractivity contribution in [3.8, 4) is 0 Å². The van der Waals surface area contributed by atoms with Crippen LogP contribution < -0.4 is 4.31 Å². The van der Waals surface area contributed by atoms with Crippen LogP contribution in [0, 0.1) is 0 Å². The van der Waals surface area contributed by atoms with Gasteiger partial charge in [-0.2, -0.15) is 0 Å². The molecule has 0 radical (unpaired) electrons. The molecule has 1 aromatic carbocycles. The molecule has 2 aromatic rings. The maximum Gasteiger partial charge on any atom is 0.243 e. The summed E-state index contributed by atoms with van der Waals surface area (Å²) in [5, 5.41) is 0. The molecule has 1 aliphatic heterocycles. The van der Waals surface area contributed by atoms with Crippen LogP contribution in [-0.4, -0.2) is 63.3 Å². The molecule has 1 aliphatic rings. The number of aryl methyl sites for hydroxylation is 2. The summed E-state index contributed by atoms with van der Waals surface area (Å²) in [6.45, 7) is 1.71. The molecule has 7 nitrogen and oxygen atoms in total. The molecule has 1 amide bonds. The van der Waals surface area contributed by atoms with Gasteiger partial charge in [0.2, 0.25) is 15.9 Å². The van der Waals surface area contributed by atoms with E-state index in [-0.39, 0.29) is 12.5 Å². The lowest BCUT2D eigenvalue weighted by molar-refractivity contribution is -0.133. The van der Waals surface area contributed by atoms with Gasteiger partial charge in [0.15, 0.2) is 0 Å². The predicted octanol–water partition coefficient (Wildman–Crippen LogP) is 1.49. The van der Waals surface area contributed by atoms with Crippen LogP contribution in [0.3, 0.4) is 0 Å². The van der Waals surface area contributed by atoms with Crippen molar-refractivity contribution in [1.82, 2.24) is 9.88 Å². The molecular formula is C20H25N3O4S. The van der Waals surface area contributed by atoms with E-state index in [2.05, 4.69) is 4.98 Å². The Morgan fingerprint density at radius 3 is 2.50 bits per heavy atom. The minimum absolute atomic E-state index is 0.209. The zero-order valence-electron chi connectivity index (χ0n) is 16.0. The summed E-state index contributed by atoms with van der Waals surface area (Å²) in [7, 11) is -3.62. The molecule has 0 saturated carbocycles. The fourth-order valence-corrected chi connectivity index (χ4v) is 4.07. The van der Waals surface area contributed by atoms with Gasteiger partial charge in [0.25, 0.3) is 0 Å². The number of ether oxygens (including phenoxy) is 1. The van der Waals surface area contributed by atoms with Crippen LogP contribution >= 0.6 is 0 Å². The third kappa shape index (κ3) is 5.30. The summed E-state index contributed by atoms with van der Waals surface area (Å²) in [5.74, 6) is -0.215. The van der Waals surface area contributed by atoms with Crippen molar-refractivity contribution in [2.75, 3.05) is 43.4 Å². The van der Waals surface area contributed by atoms with Crippen molar-refractivity contribution < 1.29 is 17.9 Å². The molecule has 0 N–H and O–H groups in total. The Bertz CT molecular complexity index is 897. The molecule has 28 heavy (non-hydrogen) atoms. The largest absolute Gasteiger partial charge is 0.378 e. The lowest BCUT2D eigenvalue weighted by Crippen LogP contribution is -2.47. The standard InChI is InChI=1S/C20H25N3O4S/c1-28(25,26)23(16-20(24)22-12-14-27-15-13-22)19-8-3-2-6-17(19)9-10-18-7-4-5-11-21-18/h2-8,11H,9-10,12-16H2,1H3. The number of aromatic nitrogens is 1. The highest BCUT2D eigenvalue weighted by Gasteiger charge is 2.26. The number of amides is 1. The van der Waals surface area contributed by atoms with E-state index in [1.165, 1.54) is 4.31 Å². The summed E-state index contributed by atoms with van der Waals surface area (Å²) >= 11 is 0. The summed E-state index contributed by atoms with van der Waals surface area (Å²) in [5.41, 5.74) is 2.35. The van der Waals surface area contributed by atoms with Gasteiger partial charge in [-0.25, -0.2) is 8.42 Å². The molecule has 0 atom stereocenters. The average molecular weight is 404 g/mol. The zero-order chi connectivity index (χ0) is 20.0. The highest BCUT2D eigenvalue weighted by Crippen LogP contribution is 2.24. The number of para-hydroxylation sites is 1. The minimum Gasteiger partial charge on any atom is -0.378 e. The van der Waals surface area contributed by atoms with Gasteiger partial charge < -0.3 is 9.64 Å². The number of nitrogens with zero attached hydrogens (tertiary/aromatic N) is 3. The van der Waals surface area contributed by atoms with Gasteiger partial charge in [0.05, 0.1) is 25.2 Å². The molecule has 1 fully saturated rings. The third-order valence-corrected chi connectivity index (χ3v) is 5.81. The molecule has 0 aliphatic carbocycles. The van der Waals surface area contributed by atoms with E-state index in [1.807, 2.05) is 30.3 Å². The summed E-state index contributed by atoms with van der Waals surface area (Å²) in [6, 6.07) is 13.0. The molecule has 1 aromatic heterocycles. The number of hydrogen-bond donors (Lipinski definition) is 0. The molecule has 150 valence electrons. The quantitative estimate of drug-likeness (QED) is 0.700. The van der Waals surface area contributed by atoms with Gasteiger partial charge in [-0.3, -0.25) is 14.1 Å². The van der Waals surface area contributed by atoms with E-state index in [1.54, 1.807) is 23.2 Å². The maximum absolute atomic E-state index is 12.7. The number of morpholine rings is 1. The fraction of sp³-hybridized carbons (Fsp3) is 0.400. The Balaban J connectivity index is 1.81. The van der Waals surface area contributed by atoms with Crippen LogP contribution in [0.5, 0.6) is 0 Å². The van der Waals surface area contributed by atoms with E-state index in [0.29, 0.717) is 44.8 Å². The second-order valence-electron chi connectivity index (χ2n) is 6.71. The molecule has 0 bridgehead atoms. The fourth-order valence-electron chi connectivity index (χ4n) is 3.19. The van der Waals surface area contributed by atoms with Crippen molar-refractivity contribution in [3.63, 3.8) is 0 Å². The van der Waals surface area contributed by atoms with Gasteiger partial charge in [0, 0.05) is 25.0 Å². The van der Waals surface area contributed by atoms with E-state index >= 15 is 0 Å². The van der Waals surface area contributed by atoms with Gasteiger partial charge >= 0.3 is 0 Å². The maximum atomic E-state index is 12.7. The van der Waals surface area contributed by atoms with E-state index in [0.717, 1.165) is 17.5 Å². The number of carbonyl (C=O) groups is 1. The number of sulfonamides is 1. The molecular weight excluding hydrogens is 378 g/mol. The Hall–Kier alpha value is -2.45. The van der Waals surface area contributed by atoms with Crippen molar-refractivity contribution in [3.05, 3.63) is 59.9 Å². The van der Waals surface area contributed by atoms with E-state index in [9.17, 15) is 13.2 Å². The van der Waals surface area contributed by atoms with Crippen LogP contribution in [0.2, 0.25) is 0 Å². The number of hydrogen-bond acceptors (Lipinski definition) is 5. The molecule has 0 unspecified atom stereocenters. The van der Waals surface area contributed by atoms with Crippen LogP contribution in [0.1, 0.15) is 11.3 Å². The Morgan fingerprint density at radius 2 is 1.82 bits per heavy atom. The number of carbonyl (C=O) groups excluding carboxylic acids is 1. The minimum atomic E-state index is -3.62. The average Bonchev–Trinajstić information content (AvgIpc) is 2.71. The third-order valence-electron chi connectivity index (χ3n) is 4.68. The Kier molecular flexibility index (Phi) is 6.64. The smallest absolute Gasteiger partial charge is 0.243 e. The van der Waals surface area contributed by atoms with Crippen LogP contribution in [0.4, 0.5) is 5.69 Å². The predicted molar refractivity (Wildman–Crippen MR) is 108 cm³/mol. The lowest BCUT2D eigenvalue weighted by Gasteiger charge is -2.30. The number of rotatable bonds is 7. The first-order chi connectivity index (χ1) is 13.4. The monoisotopic (exact) mass is 403 g/mol. The highest BCUT2D eigenvalue weighted by atomic mass is 32.2. The number of pyridine rings is 1. The summed E-state index contributed by atoms with van der Waals surface area (Å²) in [4.78, 5) is 18.6. The zero-order valence-corrected chi connectivity index (χ0v) is 16.8. The Labute approximate surface area is 166 Å². The second-order valence-corrected chi connectivity index (χ2v) is 8.62. The number of anilines is 1. The molecule has 8 heteroatoms. The lowest BCUT2D eigenvalue weighted by atomic mass is 10.1. The molecule has 3 rings (SSSR count). The van der Waals surface area contributed by atoms with Crippen LogP contribution in [-0.2, 0) is 32.4 Å². The molecule has 1 saturated heterocycles. The highest BCUT2D eigenvalue weighted by molar-refractivity contribution is 7.92. The topological polar surface area (TPSA) is 79.8 Å². The Morgan fingerprint density at radius 1 is 1.11 bits per heavy atom. The summed E-state index contributed by atoms with van der Waals surface area (Å²) in [6.07, 6.45) is 4.19. The van der Waals surface area contributed by atoms with Crippen LogP contribution in [0.15, 0.2) is 48.7 Å². The van der Waals surface area contributed by atoms with E-state index in [4.69, 9.17) is 4.74 Å². The van der Waals surface area contributed by atoms with Crippen LogP contribution in [0.25, 0.3) is 0 Å². The first-order valence-corrected chi connectivity index (χ1v) is 11.1. The van der Waals surface area contributed by atoms with Crippen molar-refractivity contribution in [2.24, 2.45) is 0 Å². The van der Waals surface area contributed by atoms with Gasteiger partial charge in [0.1, 0.15) is 6.54 Å². The molecule has 0 spiro atoms. The van der Waals surface area contributed by atoms with Crippen molar-refractivity contribution >= 4 is 21.6 Å². The van der Waals surface area contributed by atoms with E-state index < -0.39 is 10.0 Å². The van der Waals surface area contributed by atoms with Gasteiger partial charge in [-0.1, -0.05) is 24.3 Å². The SMILES string of the molecule is CS(=O)(=O)N(CC(=O)N1CCOCC1)c1ccccc1CCc1ccccn1. The molecule has 2 heterocycles. The number of benzene rings is 1. The second kappa shape index (κ2) is 9.16. The van der Waals surface area contributed by atoms with Gasteiger partial charge in [-0.05, 0) is 36.6 Å². The van der Waals surface area contributed by atoms with Gasteiger partial charge in [-0.15, -0.1) is 0 Å².